The minimum Gasteiger partial charge on any atom is -0.413 e. The molecule has 1 rings (SSSR count). The van der Waals surface area contributed by atoms with Gasteiger partial charge in [-0.3, -0.25) is 6.42 Å². The Morgan fingerprint density at radius 1 is 1.23 bits per heavy atom. The average Bonchev–Trinajstić information content (AvgIpc) is 1.87. The van der Waals surface area contributed by atoms with E-state index in [9.17, 15) is 0 Å². The maximum Gasteiger partial charge on any atom is 0.0323 e. The van der Waals surface area contributed by atoms with Gasteiger partial charge in [0.15, 0.2) is 0 Å². The SMILES string of the molecule is COC1[CH-]CC/C=C\CC1.[CH3-].[CH3-].[Pd]. The zero-order valence-electron chi connectivity index (χ0n) is 8.86. The van der Waals surface area contributed by atoms with Crippen molar-refractivity contribution in [3.63, 3.8) is 0 Å². The molecule has 1 aliphatic carbocycles. The zero-order chi connectivity index (χ0) is 7.23. The fourth-order valence-corrected chi connectivity index (χ4v) is 1.21. The van der Waals surface area contributed by atoms with Gasteiger partial charge in [0.05, 0.1) is 0 Å². The van der Waals surface area contributed by atoms with E-state index in [1.54, 1.807) is 7.11 Å². The summed E-state index contributed by atoms with van der Waals surface area (Å²) in [6, 6.07) is 0. The first-order chi connectivity index (χ1) is 4.93. The fourth-order valence-electron chi connectivity index (χ4n) is 1.21. The van der Waals surface area contributed by atoms with Crippen LogP contribution >= 0.6 is 0 Å². The van der Waals surface area contributed by atoms with Crippen molar-refractivity contribution in [1.82, 2.24) is 0 Å². The molecule has 0 spiro atoms. The van der Waals surface area contributed by atoms with Gasteiger partial charge in [-0.15, -0.1) is 0 Å². The molecule has 2 heteroatoms. The van der Waals surface area contributed by atoms with Crippen LogP contribution in [0.3, 0.4) is 0 Å². The Kier molecular flexibility index (Phi) is 18.1. The fraction of sp³-hybridized carbons (Fsp3) is 0.545. The summed E-state index contributed by atoms with van der Waals surface area (Å²) in [5, 5.41) is 0. The van der Waals surface area contributed by atoms with Crippen molar-refractivity contribution in [1.29, 1.82) is 0 Å². The van der Waals surface area contributed by atoms with E-state index in [0.717, 1.165) is 19.3 Å². The molecular weight excluding hydrogens is 255 g/mol. The molecule has 0 saturated heterocycles. The molecule has 84 valence electrons. The number of hydrogen-bond donors (Lipinski definition) is 0. The zero-order valence-corrected chi connectivity index (χ0v) is 10.4. The third-order valence-corrected chi connectivity index (χ3v) is 1.85. The van der Waals surface area contributed by atoms with Crippen LogP contribution in [0.2, 0.25) is 0 Å². The van der Waals surface area contributed by atoms with Gasteiger partial charge in [0.25, 0.3) is 0 Å². The largest absolute Gasteiger partial charge is 0.413 e. The Morgan fingerprint density at radius 3 is 2.46 bits per heavy atom. The smallest absolute Gasteiger partial charge is 0.0323 e. The first-order valence-corrected chi connectivity index (χ1v) is 3.94. The number of ether oxygens (including phenoxy) is 1. The van der Waals surface area contributed by atoms with Crippen LogP contribution in [0, 0.1) is 21.3 Å². The number of allylic oxidation sites excluding steroid dienone is 2. The Balaban J connectivity index is -0.000000333. The molecule has 0 bridgehead atoms. The summed E-state index contributed by atoms with van der Waals surface area (Å²) in [7, 11) is 1.78. The Morgan fingerprint density at radius 2 is 1.85 bits per heavy atom. The number of hydrogen-bond acceptors (Lipinski definition) is 1. The van der Waals surface area contributed by atoms with Crippen LogP contribution in [0.15, 0.2) is 12.2 Å². The van der Waals surface area contributed by atoms with E-state index in [-0.39, 0.29) is 35.3 Å². The van der Waals surface area contributed by atoms with Gasteiger partial charge in [-0.1, -0.05) is 31.1 Å². The van der Waals surface area contributed by atoms with Gasteiger partial charge in [0.2, 0.25) is 0 Å². The van der Waals surface area contributed by atoms with E-state index in [0.29, 0.717) is 6.10 Å². The minimum absolute atomic E-state index is 0. The van der Waals surface area contributed by atoms with Crippen molar-refractivity contribution in [2.45, 2.75) is 31.8 Å². The molecule has 0 radical (unpaired) electrons. The molecule has 0 amide bonds. The predicted octanol–water partition coefficient (Wildman–Crippen LogP) is 3.23. The van der Waals surface area contributed by atoms with Gasteiger partial charge in [0.1, 0.15) is 0 Å². The van der Waals surface area contributed by atoms with E-state index < -0.39 is 0 Å². The first-order valence-electron chi connectivity index (χ1n) is 3.94. The third kappa shape index (κ3) is 8.69. The summed E-state index contributed by atoms with van der Waals surface area (Å²) in [5.41, 5.74) is 0. The predicted molar refractivity (Wildman–Crippen MR) is 55.5 cm³/mol. The van der Waals surface area contributed by atoms with Crippen molar-refractivity contribution in [2.24, 2.45) is 0 Å². The topological polar surface area (TPSA) is 9.23 Å². The Bertz CT molecular complexity index is 113. The average molecular weight is 276 g/mol. The molecule has 0 saturated carbocycles. The molecule has 0 fully saturated rings. The summed E-state index contributed by atoms with van der Waals surface area (Å²) in [5.74, 6) is 0. The van der Waals surface area contributed by atoms with Crippen molar-refractivity contribution in [2.75, 3.05) is 7.11 Å². The standard InChI is InChI=1S/C9H15O.2CH3.Pd/c1-10-9-7-5-3-2-4-6-8-9;;;/h2-3,8-9H,4-7H2,1H3;2*1H3;/q3*-1;/b3-2-;;;. The van der Waals surface area contributed by atoms with Crippen LogP contribution in [0.25, 0.3) is 0 Å². The van der Waals surface area contributed by atoms with Crippen LogP contribution in [0.4, 0.5) is 0 Å². The molecule has 0 aromatic rings. The molecule has 0 heterocycles. The maximum absolute atomic E-state index is 5.24. The van der Waals surface area contributed by atoms with E-state index in [2.05, 4.69) is 18.6 Å². The number of rotatable bonds is 1. The first kappa shape index (κ1) is 19.0. The van der Waals surface area contributed by atoms with Crippen LogP contribution in [-0.4, -0.2) is 13.2 Å². The Hall–Kier alpha value is 0.362. The normalized spacial score (nSPS) is 23.6. The summed E-state index contributed by atoms with van der Waals surface area (Å²) in [6.45, 7) is 0. The van der Waals surface area contributed by atoms with Gasteiger partial charge >= 0.3 is 0 Å². The second kappa shape index (κ2) is 12.4. The van der Waals surface area contributed by atoms with E-state index in [1.165, 1.54) is 6.42 Å². The quantitative estimate of drug-likeness (QED) is 0.406. The van der Waals surface area contributed by atoms with E-state index in [4.69, 9.17) is 4.74 Å². The molecule has 1 nitrogen and oxygen atoms in total. The second-order valence-corrected chi connectivity index (χ2v) is 2.64. The van der Waals surface area contributed by atoms with Gasteiger partial charge in [-0.05, 0) is 6.42 Å². The molecule has 1 unspecified atom stereocenters. The van der Waals surface area contributed by atoms with E-state index in [1.807, 2.05) is 0 Å². The number of methoxy groups -OCH3 is 1. The molecule has 0 aromatic heterocycles. The van der Waals surface area contributed by atoms with Crippen LogP contribution in [0.5, 0.6) is 0 Å². The molecular formula is C11H21OPd-3. The van der Waals surface area contributed by atoms with Gasteiger partial charge in [0, 0.05) is 27.5 Å². The molecule has 0 N–H and O–H groups in total. The molecule has 0 aromatic carbocycles. The maximum atomic E-state index is 5.24. The molecule has 1 aliphatic rings. The summed E-state index contributed by atoms with van der Waals surface area (Å²) in [6.07, 6.45) is 11.8. The van der Waals surface area contributed by atoms with Crippen LogP contribution in [0.1, 0.15) is 25.7 Å². The summed E-state index contributed by atoms with van der Waals surface area (Å²) >= 11 is 0. The summed E-state index contributed by atoms with van der Waals surface area (Å²) < 4.78 is 5.24. The van der Waals surface area contributed by atoms with E-state index >= 15 is 0 Å². The molecule has 0 aliphatic heterocycles. The van der Waals surface area contributed by atoms with Gasteiger partial charge < -0.3 is 19.6 Å². The molecule has 13 heavy (non-hydrogen) atoms. The summed E-state index contributed by atoms with van der Waals surface area (Å²) in [4.78, 5) is 0. The van der Waals surface area contributed by atoms with Crippen molar-refractivity contribution < 1.29 is 25.2 Å². The second-order valence-electron chi connectivity index (χ2n) is 2.64. The monoisotopic (exact) mass is 275 g/mol. The van der Waals surface area contributed by atoms with Crippen molar-refractivity contribution >= 4 is 0 Å². The minimum atomic E-state index is 0. The van der Waals surface area contributed by atoms with Gasteiger partial charge in [-0.25, -0.2) is 0 Å². The van der Waals surface area contributed by atoms with Crippen molar-refractivity contribution in [3.05, 3.63) is 33.4 Å². The van der Waals surface area contributed by atoms with Crippen molar-refractivity contribution in [3.8, 4) is 0 Å². The van der Waals surface area contributed by atoms with Crippen LogP contribution in [-0.2, 0) is 25.2 Å². The molecule has 1 atom stereocenters. The van der Waals surface area contributed by atoms with Gasteiger partial charge in [-0.2, -0.15) is 6.42 Å². The van der Waals surface area contributed by atoms with Crippen LogP contribution < -0.4 is 0 Å². The third-order valence-electron chi connectivity index (χ3n) is 1.85. The Labute approximate surface area is 97.6 Å².